The van der Waals surface area contributed by atoms with Crippen molar-refractivity contribution in [3.05, 3.63) is 64.2 Å². The van der Waals surface area contributed by atoms with Gasteiger partial charge in [0, 0.05) is 10.6 Å². The monoisotopic (exact) mass is 305 g/mol. The highest BCUT2D eigenvalue weighted by Crippen LogP contribution is 2.29. The molecule has 1 aliphatic rings. The second-order valence-corrected chi connectivity index (χ2v) is 4.96. The molecule has 0 saturated heterocycles. The van der Waals surface area contributed by atoms with E-state index in [0.29, 0.717) is 16.3 Å². The lowest BCUT2D eigenvalue weighted by Crippen LogP contribution is -2.15. The third-order valence-electron chi connectivity index (χ3n) is 3.08. The number of hydrogen-bond acceptors (Lipinski definition) is 3. The van der Waals surface area contributed by atoms with Crippen LogP contribution in [0.3, 0.4) is 0 Å². The minimum absolute atomic E-state index is 0.0649. The van der Waals surface area contributed by atoms with Gasteiger partial charge in [0.2, 0.25) is 0 Å². The number of fused-ring (bicyclic) bond motifs is 1. The molecule has 0 bridgehead atoms. The van der Waals surface area contributed by atoms with Crippen molar-refractivity contribution in [2.45, 2.75) is 0 Å². The van der Waals surface area contributed by atoms with E-state index in [1.807, 2.05) is 0 Å². The number of nitrogens with zero attached hydrogens (tertiary/aromatic N) is 2. The molecule has 3 nitrogen and oxygen atoms in total. The molecule has 106 valence electrons. The molecular weight excluding hydrogens is 296 g/mol. The Morgan fingerprint density at radius 2 is 1.81 bits per heavy atom. The molecule has 0 atom stereocenters. The Hall–Kier alpha value is -2.27. The number of aliphatic imine (C=N–C) groups is 2. The molecule has 0 unspecified atom stereocenters. The van der Waals surface area contributed by atoms with Crippen molar-refractivity contribution in [2.75, 3.05) is 6.54 Å². The summed E-state index contributed by atoms with van der Waals surface area (Å²) < 4.78 is 28.1. The van der Waals surface area contributed by atoms with Gasteiger partial charge in [-0.2, -0.15) is 0 Å². The molecule has 21 heavy (non-hydrogen) atoms. The predicted octanol–water partition coefficient (Wildman–Crippen LogP) is 3.46. The number of halogens is 3. The van der Waals surface area contributed by atoms with Crippen molar-refractivity contribution in [1.29, 1.82) is 0 Å². The number of hydrogen-bond donors (Lipinski definition) is 1. The maximum atomic E-state index is 14.0. The number of nitrogens with two attached hydrogens (primary N) is 1. The Balaban J connectivity index is 2.28. The summed E-state index contributed by atoms with van der Waals surface area (Å²) in [7, 11) is 0. The summed E-state index contributed by atoms with van der Waals surface area (Å²) in [5.74, 6) is -1.12. The number of rotatable bonds is 1. The third kappa shape index (κ3) is 2.52. The second kappa shape index (κ2) is 5.26. The Morgan fingerprint density at radius 1 is 1.10 bits per heavy atom. The molecule has 0 radical (unpaired) electrons. The van der Waals surface area contributed by atoms with Crippen LogP contribution in [0.1, 0.15) is 11.1 Å². The molecule has 0 spiro atoms. The average molecular weight is 306 g/mol. The quantitative estimate of drug-likeness (QED) is 0.862. The van der Waals surface area contributed by atoms with Crippen molar-refractivity contribution < 1.29 is 8.78 Å². The van der Waals surface area contributed by atoms with Crippen LogP contribution in [-0.2, 0) is 0 Å². The molecule has 0 amide bonds. The smallest absolute Gasteiger partial charge is 0.135 e. The average Bonchev–Trinajstić information content (AvgIpc) is 2.58. The Labute approximate surface area is 124 Å². The fourth-order valence-electron chi connectivity index (χ4n) is 2.17. The van der Waals surface area contributed by atoms with Gasteiger partial charge in [0.15, 0.2) is 0 Å². The molecule has 1 aliphatic heterocycles. The first-order valence-corrected chi connectivity index (χ1v) is 6.56. The first-order chi connectivity index (χ1) is 10.1. The molecule has 0 aliphatic carbocycles. The fraction of sp³-hybridized carbons (Fsp3) is 0.0667. The SMILES string of the molecule is NC1=Nc2ccc(Cl)cc2C(c2c(F)cccc2F)=NC1. The molecule has 0 fully saturated rings. The third-order valence-corrected chi connectivity index (χ3v) is 3.31. The highest BCUT2D eigenvalue weighted by molar-refractivity contribution is 6.31. The van der Waals surface area contributed by atoms with E-state index in [1.54, 1.807) is 18.2 Å². The fourth-order valence-corrected chi connectivity index (χ4v) is 2.34. The van der Waals surface area contributed by atoms with Gasteiger partial charge in [-0.1, -0.05) is 17.7 Å². The van der Waals surface area contributed by atoms with E-state index in [4.69, 9.17) is 17.3 Å². The number of benzene rings is 2. The van der Waals surface area contributed by atoms with Crippen molar-refractivity contribution in [2.24, 2.45) is 15.7 Å². The van der Waals surface area contributed by atoms with Crippen LogP contribution in [-0.4, -0.2) is 18.1 Å². The Morgan fingerprint density at radius 3 is 2.52 bits per heavy atom. The minimum atomic E-state index is -0.694. The Bertz CT molecular complexity index is 764. The van der Waals surface area contributed by atoms with Gasteiger partial charge in [0.1, 0.15) is 17.5 Å². The lowest BCUT2D eigenvalue weighted by Gasteiger charge is -2.10. The largest absolute Gasteiger partial charge is 0.386 e. The molecule has 2 aromatic rings. The molecule has 0 saturated carbocycles. The van der Waals surface area contributed by atoms with Crippen LogP contribution in [0.2, 0.25) is 5.02 Å². The second-order valence-electron chi connectivity index (χ2n) is 4.53. The van der Waals surface area contributed by atoms with Gasteiger partial charge >= 0.3 is 0 Å². The van der Waals surface area contributed by atoms with E-state index in [2.05, 4.69) is 9.98 Å². The molecule has 0 aromatic heterocycles. The molecule has 3 rings (SSSR count). The van der Waals surface area contributed by atoms with E-state index < -0.39 is 11.6 Å². The Kier molecular flexibility index (Phi) is 3.43. The zero-order chi connectivity index (χ0) is 15.0. The van der Waals surface area contributed by atoms with Crippen LogP contribution in [0.25, 0.3) is 0 Å². The summed E-state index contributed by atoms with van der Waals surface area (Å²) in [5, 5.41) is 0.425. The van der Waals surface area contributed by atoms with Crippen LogP contribution in [0.15, 0.2) is 46.4 Å². The summed E-state index contributed by atoms with van der Waals surface area (Å²) in [5.41, 5.74) is 6.62. The summed E-state index contributed by atoms with van der Waals surface area (Å²) in [6.45, 7) is 0.0649. The summed E-state index contributed by atoms with van der Waals surface area (Å²) in [6.07, 6.45) is 0. The molecular formula is C15H10ClF2N3. The van der Waals surface area contributed by atoms with Gasteiger partial charge in [-0.05, 0) is 30.3 Å². The van der Waals surface area contributed by atoms with Crippen LogP contribution < -0.4 is 5.73 Å². The molecule has 6 heteroatoms. The minimum Gasteiger partial charge on any atom is -0.386 e. The zero-order valence-electron chi connectivity index (χ0n) is 10.8. The van der Waals surface area contributed by atoms with E-state index in [-0.39, 0.29) is 23.7 Å². The van der Waals surface area contributed by atoms with E-state index >= 15 is 0 Å². The van der Waals surface area contributed by atoms with Crippen molar-refractivity contribution in [3.63, 3.8) is 0 Å². The van der Waals surface area contributed by atoms with Gasteiger partial charge in [-0.3, -0.25) is 4.99 Å². The van der Waals surface area contributed by atoms with Gasteiger partial charge in [0.05, 0.1) is 23.5 Å². The molecule has 2 N–H and O–H groups in total. The van der Waals surface area contributed by atoms with Crippen LogP contribution in [0.5, 0.6) is 0 Å². The van der Waals surface area contributed by atoms with Gasteiger partial charge in [0.25, 0.3) is 0 Å². The first kappa shape index (κ1) is 13.7. The maximum Gasteiger partial charge on any atom is 0.135 e. The predicted molar refractivity (Wildman–Crippen MR) is 79.6 cm³/mol. The molecule has 2 aromatic carbocycles. The summed E-state index contributed by atoms with van der Waals surface area (Å²) >= 11 is 5.98. The summed E-state index contributed by atoms with van der Waals surface area (Å²) in [6, 6.07) is 8.52. The lowest BCUT2D eigenvalue weighted by molar-refractivity contribution is 0.579. The first-order valence-electron chi connectivity index (χ1n) is 6.18. The van der Waals surface area contributed by atoms with Gasteiger partial charge < -0.3 is 5.73 Å². The highest BCUT2D eigenvalue weighted by Gasteiger charge is 2.21. The normalized spacial score (nSPS) is 14.0. The van der Waals surface area contributed by atoms with E-state index in [9.17, 15) is 8.78 Å². The molecule has 1 heterocycles. The topological polar surface area (TPSA) is 50.7 Å². The zero-order valence-corrected chi connectivity index (χ0v) is 11.5. The van der Waals surface area contributed by atoms with Crippen molar-refractivity contribution in [3.8, 4) is 0 Å². The maximum absolute atomic E-state index is 14.0. The van der Waals surface area contributed by atoms with Gasteiger partial charge in [-0.25, -0.2) is 13.8 Å². The highest BCUT2D eigenvalue weighted by atomic mass is 35.5. The standard InChI is InChI=1S/C15H10ClF2N3/c16-8-4-5-12-9(6-8)15(20-7-13(19)21-12)14-10(17)2-1-3-11(14)18/h1-6H,7H2,(H2,19,21). The van der Waals surface area contributed by atoms with Crippen LogP contribution >= 0.6 is 11.6 Å². The van der Waals surface area contributed by atoms with Crippen LogP contribution in [0, 0.1) is 11.6 Å². The van der Waals surface area contributed by atoms with E-state index in [1.165, 1.54) is 18.2 Å². The number of amidine groups is 1. The van der Waals surface area contributed by atoms with Gasteiger partial charge in [-0.15, -0.1) is 0 Å². The summed E-state index contributed by atoms with van der Waals surface area (Å²) in [4.78, 5) is 8.39. The van der Waals surface area contributed by atoms with Crippen molar-refractivity contribution >= 4 is 28.8 Å². The lowest BCUT2D eigenvalue weighted by atomic mass is 9.99. The van der Waals surface area contributed by atoms with Crippen LogP contribution in [0.4, 0.5) is 14.5 Å². The van der Waals surface area contributed by atoms with E-state index in [0.717, 1.165) is 0 Å². The van der Waals surface area contributed by atoms with Crippen molar-refractivity contribution in [1.82, 2.24) is 0 Å².